The first-order valence-corrected chi connectivity index (χ1v) is 9.58. The molecule has 0 unspecified atom stereocenters. The minimum Gasteiger partial charge on any atom is -0.366 e. The third-order valence-corrected chi connectivity index (χ3v) is 5.20. The average Bonchev–Trinajstić information content (AvgIpc) is 3.15. The van der Waals surface area contributed by atoms with Crippen molar-refractivity contribution >= 4 is 33.2 Å². The number of hydrogen-bond donors (Lipinski definition) is 4. The number of H-pyrrole nitrogens is 1. The fourth-order valence-corrected chi connectivity index (χ4v) is 3.54. The van der Waals surface area contributed by atoms with Crippen LogP contribution in [0.1, 0.15) is 26.3 Å². The van der Waals surface area contributed by atoms with Crippen LogP contribution in [0, 0.1) is 6.92 Å². The summed E-state index contributed by atoms with van der Waals surface area (Å²) in [6.45, 7) is 1.88. The number of aromatic amines is 1. The number of sulfonamides is 1. The Labute approximate surface area is 161 Å². The molecule has 1 aromatic heterocycles. The number of hydrogen-bond acceptors (Lipinski definition) is 5. The molecule has 28 heavy (non-hydrogen) atoms. The van der Waals surface area contributed by atoms with Gasteiger partial charge in [0.15, 0.2) is 5.03 Å². The van der Waals surface area contributed by atoms with E-state index in [1.807, 2.05) is 6.92 Å². The lowest BCUT2D eigenvalue weighted by molar-refractivity contribution is 0.0998. The predicted octanol–water partition coefficient (Wildman–Crippen LogP) is 1.87. The highest BCUT2D eigenvalue weighted by Gasteiger charge is 2.25. The van der Waals surface area contributed by atoms with Crippen LogP contribution in [0.5, 0.6) is 0 Å². The van der Waals surface area contributed by atoms with Crippen molar-refractivity contribution in [3.05, 3.63) is 71.4 Å². The van der Waals surface area contributed by atoms with Gasteiger partial charge in [-0.15, -0.1) is 0 Å². The third kappa shape index (κ3) is 4.18. The van der Waals surface area contributed by atoms with Crippen molar-refractivity contribution in [2.45, 2.75) is 11.9 Å². The molecule has 2 aromatic carbocycles. The van der Waals surface area contributed by atoms with Gasteiger partial charge in [-0.25, -0.2) is 0 Å². The summed E-state index contributed by atoms with van der Waals surface area (Å²) in [6.07, 6.45) is 1.12. The summed E-state index contributed by atoms with van der Waals surface area (Å²) in [7, 11) is -4.06. The van der Waals surface area contributed by atoms with E-state index in [1.165, 1.54) is 24.3 Å². The summed E-state index contributed by atoms with van der Waals surface area (Å²) >= 11 is 0. The number of anilines is 2. The summed E-state index contributed by atoms with van der Waals surface area (Å²) in [6, 6.07) is 12.6. The molecule has 1 heterocycles. The zero-order valence-corrected chi connectivity index (χ0v) is 15.6. The lowest BCUT2D eigenvalue weighted by atomic mass is 10.2. The van der Waals surface area contributed by atoms with Gasteiger partial charge in [-0.1, -0.05) is 17.7 Å². The Hall–Kier alpha value is -3.66. The number of benzene rings is 2. The molecule has 144 valence electrons. The van der Waals surface area contributed by atoms with Crippen LogP contribution in [0.3, 0.4) is 0 Å². The zero-order chi connectivity index (χ0) is 20.3. The Kier molecular flexibility index (Phi) is 5.14. The number of rotatable bonds is 6. The molecular formula is C18H17N5O4S. The van der Waals surface area contributed by atoms with Gasteiger partial charge in [0.1, 0.15) is 0 Å². The second kappa shape index (κ2) is 7.53. The van der Waals surface area contributed by atoms with E-state index in [1.54, 1.807) is 24.3 Å². The summed E-state index contributed by atoms with van der Waals surface area (Å²) in [5.74, 6) is -1.27. The Morgan fingerprint density at radius 1 is 1.00 bits per heavy atom. The molecule has 3 rings (SSSR count). The molecule has 0 aliphatic carbocycles. The average molecular weight is 399 g/mol. The number of amides is 2. The van der Waals surface area contributed by atoms with Gasteiger partial charge >= 0.3 is 0 Å². The highest BCUT2D eigenvalue weighted by molar-refractivity contribution is 7.92. The molecule has 9 nitrogen and oxygen atoms in total. The van der Waals surface area contributed by atoms with Gasteiger partial charge in [0.25, 0.3) is 15.9 Å². The van der Waals surface area contributed by atoms with Crippen LogP contribution in [0.4, 0.5) is 11.4 Å². The van der Waals surface area contributed by atoms with Crippen molar-refractivity contribution in [2.24, 2.45) is 5.73 Å². The van der Waals surface area contributed by atoms with Crippen molar-refractivity contribution in [1.82, 2.24) is 10.2 Å². The maximum absolute atomic E-state index is 12.6. The van der Waals surface area contributed by atoms with Crippen LogP contribution >= 0.6 is 0 Å². The van der Waals surface area contributed by atoms with E-state index in [9.17, 15) is 18.0 Å². The molecule has 10 heteroatoms. The second-order valence-corrected chi connectivity index (χ2v) is 7.60. The minimum absolute atomic E-state index is 0.154. The fraction of sp³-hybridized carbons (Fsp3) is 0.0556. The minimum atomic E-state index is -4.06. The normalized spacial score (nSPS) is 11.0. The molecule has 0 aliphatic heterocycles. The van der Waals surface area contributed by atoms with E-state index in [4.69, 9.17) is 5.73 Å². The number of carbonyl (C=O) groups is 2. The molecule has 0 fully saturated rings. The van der Waals surface area contributed by atoms with E-state index in [0.717, 1.165) is 11.8 Å². The number of nitrogens with two attached hydrogens (primary N) is 1. The Morgan fingerprint density at radius 2 is 1.61 bits per heavy atom. The van der Waals surface area contributed by atoms with Gasteiger partial charge in [-0.05, 0) is 43.3 Å². The number of carbonyl (C=O) groups excluding carboxylic acids is 2. The number of nitrogens with one attached hydrogen (secondary N) is 3. The Morgan fingerprint density at radius 3 is 2.21 bits per heavy atom. The van der Waals surface area contributed by atoms with Crippen LogP contribution in [-0.2, 0) is 10.0 Å². The molecule has 0 atom stereocenters. The summed E-state index contributed by atoms with van der Waals surface area (Å²) < 4.78 is 27.7. The van der Waals surface area contributed by atoms with E-state index in [2.05, 4.69) is 20.2 Å². The van der Waals surface area contributed by atoms with E-state index < -0.39 is 21.8 Å². The largest absolute Gasteiger partial charge is 0.366 e. The number of nitrogens with zero attached hydrogens (tertiary/aromatic N) is 1. The fourth-order valence-electron chi connectivity index (χ4n) is 2.38. The Balaban J connectivity index is 1.80. The van der Waals surface area contributed by atoms with Crippen LogP contribution in [0.15, 0.2) is 59.8 Å². The number of aromatic nitrogens is 2. The van der Waals surface area contributed by atoms with E-state index in [-0.39, 0.29) is 16.2 Å². The lowest BCUT2D eigenvalue weighted by Gasteiger charge is -2.09. The molecular weight excluding hydrogens is 382 g/mol. The quantitative estimate of drug-likeness (QED) is 0.499. The standard InChI is InChI=1S/C18H17N5O4S/c1-11-2-6-14(7-3-11)23-28(26,27)18-15(10-20-22-18)17(25)21-13-8-4-12(5-9-13)16(19)24/h2-10,23H,1H3,(H2,19,24)(H,20,22)(H,21,25). The van der Waals surface area contributed by atoms with Crippen LogP contribution in [0.2, 0.25) is 0 Å². The Bertz CT molecular complexity index is 1120. The topological polar surface area (TPSA) is 147 Å². The maximum atomic E-state index is 12.6. The molecule has 2 amide bonds. The lowest BCUT2D eigenvalue weighted by Crippen LogP contribution is -2.20. The summed E-state index contributed by atoms with van der Waals surface area (Å²) in [5, 5.41) is 8.21. The highest BCUT2D eigenvalue weighted by atomic mass is 32.2. The van der Waals surface area contributed by atoms with E-state index in [0.29, 0.717) is 11.4 Å². The van der Waals surface area contributed by atoms with Crippen LogP contribution in [0.25, 0.3) is 0 Å². The highest BCUT2D eigenvalue weighted by Crippen LogP contribution is 2.19. The molecule has 0 radical (unpaired) electrons. The summed E-state index contributed by atoms with van der Waals surface area (Å²) in [5.41, 5.74) is 7.00. The van der Waals surface area contributed by atoms with Crippen molar-refractivity contribution in [1.29, 1.82) is 0 Å². The van der Waals surface area contributed by atoms with Gasteiger partial charge in [0.05, 0.1) is 11.8 Å². The van der Waals surface area contributed by atoms with Crippen LogP contribution in [-0.4, -0.2) is 30.4 Å². The number of aryl methyl sites for hydroxylation is 1. The van der Waals surface area contributed by atoms with Crippen molar-refractivity contribution in [3.63, 3.8) is 0 Å². The molecule has 0 aliphatic rings. The first kappa shape index (κ1) is 19.1. The van der Waals surface area contributed by atoms with Gasteiger partial charge < -0.3 is 11.1 Å². The predicted molar refractivity (Wildman–Crippen MR) is 103 cm³/mol. The molecule has 0 saturated carbocycles. The number of primary amides is 1. The molecule has 5 N–H and O–H groups in total. The smallest absolute Gasteiger partial charge is 0.279 e. The molecule has 0 saturated heterocycles. The van der Waals surface area contributed by atoms with E-state index >= 15 is 0 Å². The third-order valence-electron chi connectivity index (χ3n) is 3.85. The SMILES string of the molecule is Cc1ccc(NS(=O)(=O)c2[nH]ncc2C(=O)Nc2ccc(C(N)=O)cc2)cc1. The van der Waals surface area contributed by atoms with Gasteiger partial charge in [-0.3, -0.25) is 19.4 Å². The molecule has 3 aromatic rings. The van der Waals surface area contributed by atoms with Gasteiger partial charge in [0.2, 0.25) is 5.91 Å². The first-order chi connectivity index (χ1) is 13.3. The maximum Gasteiger partial charge on any atom is 0.279 e. The molecule has 0 spiro atoms. The van der Waals surface area contributed by atoms with Crippen LogP contribution < -0.4 is 15.8 Å². The summed E-state index contributed by atoms with van der Waals surface area (Å²) in [4.78, 5) is 23.6. The van der Waals surface area contributed by atoms with Crippen molar-refractivity contribution in [2.75, 3.05) is 10.0 Å². The monoisotopic (exact) mass is 399 g/mol. The van der Waals surface area contributed by atoms with Crippen molar-refractivity contribution < 1.29 is 18.0 Å². The molecule has 0 bridgehead atoms. The van der Waals surface area contributed by atoms with Gasteiger partial charge in [-0.2, -0.15) is 13.5 Å². The first-order valence-electron chi connectivity index (χ1n) is 8.10. The second-order valence-electron chi connectivity index (χ2n) is 5.98. The van der Waals surface area contributed by atoms with Crippen molar-refractivity contribution in [3.8, 4) is 0 Å². The zero-order valence-electron chi connectivity index (χ0n) is 14.8. The van der Waals surface area contributed by atoms with Gasteiger partial charge in [0, 0.05) is 16.9 Å².